The van der Waals surface area contributed by atoms with Crippen molar-refractivity contribution in [3.05, 3.63) is 0 Å². The number of carbonyl (C=O) groups excluding carboxylic acids is 1. The standard InChI is InChI=1S/C6H14N2O2.C2H6/c1-7-2-3-8(6-10)4-5-9;1-2/h6-7,9H,2-5H2,1H3;1-2H3. The van der Waals surface area contributed by atoms with E-state index in [4.69, 9.17) is 5.11 Å². The molecule has 0 heterocycles. The molecule has 74 valence electrons. The van der Waals surface area contributed by atoms with Crippen molar-refractivity contribution in [3.8, 4) is 0 Å². The molecule has 0 aliphatic rings. The van der Waals surface area contributed by atoms with Gasteiger partial charge in [-0.2, -0.15) is 0 Å². The highest BCUT2D eigenvalue weighted by Crippen LogP contribution is 1.78. The quantitative estimate of drug-likeness (QED) is 0.545. The Morgan fingerprint density at radius 1 is 1.42 bits per heavy atom. The van der Waals surface area contributed by atoms with Gasteiger partial charge in [-0.15, -0.1) is 0 Å². The zero-order valence-electron chi connectivity index (χ0n) is 8.21. The number of likely N-dealkylation sites (N-methyl/N-ethyl adjacent to an activating group) is 1. The van der Waals surface area contributed by atoms with E-state index >= 15 is 0 Å². The van der Waals surface area contributed by atoms with Gasteiger partial charge < -0.3 is 15.3 Å². The Bertz CT molecular complexity index is 89.1. The molecule has 0 aromatic rings. The smallest absolute Gasteiger partial charge is 0.209 e. The molecule has 0 spiro atoms. The van der Waals surface area contributed by atoms with Crippen molar-refractivity contribution in [1.29, 1.82) is 0 Å². The molecule has 0 bridgehead atoms. The van der Waals surface area contributed by atoms with Crippen LogP contribution in [0.25, 0.3) is 0 Å². The lowest BCUT2D eigenvalue weighted by Crippen LogP contribution is -2.31. The van der Waals surface area contributed by atoms with Gasteiger partial charge in [0.05, 0.1) is 6.61 Å². The lowest BCUT2D eigenvalue weighted by molar-refractivity contribution is -0.118. The molecule has 0 atom stereocenters. The van der Waals surface area contributed by atoms with Crippen LogP contribution < -0.4 is 5.32 Å². The van der Waals surface area contributed by atoms with Gasteiger partial charge in [0, 0.05) is 19.6 Å². The number of nitrogens with one attached hydrogen (secondary N) is 1. The summed E-state index contributed by atoms with van der Waals surface area (Å²) in [6.07, 6.45) is 0.744. The largest absolute Gasteiger partial charge is 0.395 e. The summed E-state index contributed by atoms with van der Waals surface area (Å²) >= 11 is 0. The number of aliphatic hydroxyl groups excluding tert-OH is 1. The molecular formula is C8H20N2O2. The summed E-state index contributed by atoms with van der Waals surface area (Å²) in [5, 5.41) is 11.4. The maximum Gasteiger partial charge on any atom is 0.209 e. The van der Waals surface area contributed by atoms with Gasteiger partial charge in [0.2, 0.25) is 6.41 Å². The molecule has 0 aromatic heterocycles. The fourth-order valence-corrected chi connectivity index (χ4v) is 0.601. The summed E-state index contributed by atoms with van der Waals surface area (Å²) in [5.74, 6) is 0. The van der Waals surface area contributed by atoms with Gasteiger partial charge in [0.15, 0.2) is 0 Å². The minimum Gasteiger partial charge on any atom is -0.395 e. The third-order valence-corrected chi connectivity index (χ3v) is 1.19. The maximum atomic E-state index is 10.2. The van der Waals surface area contributed by atoms with Crippen LogP contribution in [-0.4, -0.2) is 49.7 Å². The molecule has 1 amide bonds. The number of aliphatic hydroxyl groups is 1. The molecule has 0 rings (SSSR count). The van der Waals surface area contributed by atoms with Crippen molar-refractivity contribution < 1.29 is 9.90 Å². The van der Waals surface area contributed by atoms with E-state index in [0.717, 1.165) is 13.0 Å². The zero-order chi connectivity index (χ0) is 9.82. The number of hydrogen-bond acceptors (Lipinski definition) is 3. The van der Waals surface area contributed by atoms with Crippen LogP contribution in [-0.2, 0) is 4.79 Å². The first-order chi connectivity index (χ1) is 5.85. The predicted molar refractivity (Wildman–Crippen MR) is 50.0 cm³/mol. The molecule has 0 saturated heterocycles. The molecule has 0 aromatic carbocycles. The zero-order valence-corrected chi connectivity index (χ0v) is 8.21. The number of rotatable bonds is 6. The van der Waals surface area contributed by atoms with Crippen LogP contribution in [0.1, 0.15) is 13.8 Å². The highest BCUT2D eigenvalue weighted by atomic mass is 16.3. The van der Waals surface area contributed by atoms with Crippen molar-refractivity contribution in [1.82, 2.24) is 10.2 Å². The SMILES string of the molecule is CC.CNCCN(C=O)CCO. The Kier molecular flexibility index (Phi) is 15.1. The average molecular weight is 176 g/mol. The summed E-state index contributed by atoms with van der Waals surface area (Å²) in [4.78, 5) is 11.7. The Hall–Kier alpha value is -0.610. The van der Waals surface area contributed by atoms with Crippen molar-refractivity contribution in [2.24, 2.45) is 0 Å². The van der Waals surface area contributed by atoms with Crippen LogP contribution in [0.3, 0.4) is 0 Å². The molecule has 12 heavy (non-hydrogen) atoms. The molecule has 0 aliphatic carbocycles. The molecule has 2 N–H and O–H groups in total. The first-order valence-corrected chi connectivity index (χ1v) is 4.30. The highest BCUT2D eigenvalue weighted by molar-refractivity contribution is 5.46. The van der Waals surface area contributed by atoms with E-state index in [1.165, 1.54) is 4.90 Å². The molecule has 4 heteroatoms. The molecule has 4 nitrogen and oxygen atoms in total. The summed E-state index contributed by atoms with van der Waals surface area (Å²) in [6, 6.07) is 0. The fourth-order valence-electron chi connectivity index (χ4n) is 0.601. The first kappa shape index (κ1) is 13.9. The summed E-state index contributed by atoms with van der Waals surface area (Å²) < 4.78 is 0. The number of amides is 1. The predicted octanol–water partition coefficient (Wildman–Crippen LogP) is -0.317. The van der Waals surface area contributed by atoms with Gasteiger partial charge in [-0.05, 0) is 7.05 Å². The Labute approximate surface area is 74.6 Å². The Morgan fingerprint density at radius 3 is 2.33 bits per heavy atom. The second-order valence-electron chi connectivity index (χ2n) is 1.97. The average Bonchev–Trinajstić information content (AvgIpc) is 2.15. The van der Waals surface area contributed by atoms with Gasteiger partial charge in [0.25, 0.3) is 0 Å². The van der Waals surface area contributed by atoms with Crippen LogP contribution in [0.4, 0.5) is 0 Å². The molecule has 0 saturated carbocycles. The number of hydrogen-bond donors (Lipinski definition) is 2. The van der Waals surface area contributed by atoms with Gasteiger partial charge in [-0.25, -0.2) is 0 Å². The molecule has 0 aliphatic heterocycles. The normalized spacial score (nSPS) is 8.33. The number of nitrogens with zero attached hydrogens (tertiary/aromatic N) is 1. The topological polar surface area (TPSA) is 52.6 Å². The van der Waals surface area contributed by atoms with E-state index in [0.29, 0.717) is 13.1 Å². The van der Waals surface area contributed by atoms with Crippen LogP contribution >= 0.6 is 0 Å². The molecular weight excluding hydrogens is 156 g/mol. The first-order valence-electron chi connectivity index (χ1n) is 4.30. The minimum absolute atomic E-state index is 0.0302. The summed E-state index contributed by atoms with van der Waals surface area (Å²) in [7, 11) is 1.82. The van der Waals surface area contributed by atoms with Crippen LogP contribution in [0.2, 0.25) is 0 Å². The van der Waals surface area contributed by atoms with Crippen molar-refractivity contribution in [2.45, 2.75) is 13.8 Å². The second-order valence-corrected chi connectivity index (χ2v) is 1.97. The van der Waals surface area contributed by atoms with Crippen LogP contribution in [0.5, 0.6) is 0 Å². The van der Waals surface area contributed by atoms with E-state index in [1.807, 2.05) is 20.9 Å². The lowest BCUT2D eigenvalue weighted by atomic mass is 10.5. The third-order valence-electron chi connectivity index (χ3n) is 1.19. The number of carbonyl (C=O) groups is 1. The van der Waals surface area contributed by atoms with Gasteiger partial charge >= 0.3 is 0 Å². The molecule has 0 radical (unpaired) electrons. The van der Waals surface area contributed by atoms with Gasteiger partial charge in [-0.1, -0.05) is 13.8 Å². The summed E-state index contributed by atoms with van der Waals surface area (Å²) in [5.41, 5.74) is 0. The summed E-state index contributed by atoms with van der Waals surface area (Å²) in [6.45, 7) is 5.87. The fraction of sp³-hybridized carbons (Fsp3) is 0.875. The van der Waals surface area contributed by atoms with E-state index in [9.17, 15) is 4.79 Å². The van der Waals surface area contributed by atoms with Crippen LogP contribution in [0.15, 0.2) is 0 Å². The monoisotopic (exact) mass is 176 g/mol. The van der Waals surface area contributed by atoms with Crippen molar-refractivity contribution >= 4 is 6.41 Å². The van der Waals surface area contributed by atoms with E-state index < -0.39 is 0 Å². The van der Waals surface area contributed by atoms with Crippen molar-refractivity contribution in [2.75, 3.05) is 33.3 Å². The maximum absolute atomic E-state index is 10.2. The molecule has 0 unspecified atom stereocenters. The molecule has 0 fully saturated rings. The van der Waals surface area contributed by atoms with Crippen molar-refractivity contribution in [3.63, 3.8) is 0 Å². The van der Waals surface area contributed by atoms with E-state index in [1.54, 1.807) is 0 Å². The lowest BCUT2D eigenvalue weighted by Gasteiger charge is -2.14. The van der Waals surface area contributed by atoms with Gasteiger partial charge in [0.1, 0.15) is 0 Å². The Morgan fingerprint density at radius 2 is 2.00 bits per heavy atom. The highest BCUT2D eigenvalue weighted by Gasteiger charge is 1.96. The van der Waals surface area contributed by atoms with Crippen LogP contribution in [0, 0.1) is 0 Å². The van der Waals surface area contributed by atoms with E-state index in [2.05, 4.69) is 5.32 Å². The Balaban J connectivity index is 0. The third kappa shape index (κ3) is 9.39. The second kappa shape index (κ2) is 13.0. The van der Waals surface area contributed by atoms with Gasteiger partial charge in [-0.3, -0.25) is 4.79 Å². The minimum atomic E-state index is 0.0302. The van der Waals surface area contributed by atoms with E-state index in [-0.39, 0.29) is 6.61 Å².